The molecule has 0 N–H and O–H groups in total. The van der Waals surface area contributed by atoms with Gasteiger partial charge in [-0.15, -0.1) is 0 Å². The largest absolute Gasteiger partial charge is 0.345 e. The van der Waals surface area contributed by atoms with E-state index in [1.165, 1.54) is 4.31 Å². The highest BCUT2D eigenvalue weighted by Crippen LogP contribution is 2.38. The standard InChI is InChI=1S/C24H26N2O3S/c1-17-9-7-8-12-23(17)25(30(28,29)21-10-5-4-6-11-21)16-24(27)22-15-18(2)26(19(22)3)20-13-14-20/h4-12,15,20H,13-14,16H2,1-3H3. The number of aryl methyl sites for hydroxylation is 2. The second-order valence-electron chi connectivity index (χ2n) is 7.92. The molecule has 0 atom stereocenters. The highest BCUT2D eigenvalue weighted by molar-refractivity contribution is 7.92. The van der Waals surface area contributed by atoms with Gasteiger partial charge >= 0.3 is 0 Å². The van der Waals surface area contributed by atoms with Gasteiger partial charge in [0.25, 0.3) is 10.0 Å². The minimum atomic E-state index is -3.89. The van der Waals surface area contributed by atoms with Gasteiger partial charge in [0.05, 0.1) is 17.1 Å². The summed E-state index contributed by atoms with van der Waals surface area (Å²) in [5.41, 5.74) is 3.88. The average Bonchev–Trinajstić information content (AvgIpc) is 3.51. The molecule has 3 aromatic rings. The highest BCUT2D eigenvalue weighted by atomic mass is 32.2. The summed E-state index contributed by atoms with van der Waals surface area (Å²) in [4.78, 5) is 13.5. The van der Waals surface area contributed by atoms with E-state index in [2.05, 4.69) is 4.57 Å². The maximum Gasteiger partial charge on any atom is 0.264 e. The molecule has 4 rings (SSSR count). The Hall–Kier alpha value is -2.86. The van der Waals surface area contributed by atoms with Gasteiger partial charge in [-0.2, -0.15) is 0 Å². The monoisotopic (exact) mass is 422 g/mol. The van der Waals surface area contributed by atoms with E-state index in [9.17, 15) is 13.2 Å². The fourth-order valence-corrected chi connectivity index (χ4v) is 5.54. The van der Waals surface area contributed by atoms with E-state index >= 15 is 0 Å². The summed E-state index contributed by atoms with van der Waals surface area (Å²) in [6.07, 6.45) is 2.25. The summed E-state index contributed by atoms with van der Waals surface area (Å²) < 4.78 is 30.4. The Bertz CT molecular complexity index is 1190. The molecule has 2 aromatic carbocycles. The van der Waals surface area contributed by atoms with Gasteiger partial charge in [-0.25, -0.2) is 8.42 Å². The number of benzene rings is 2. The molecule has 1 fully saturated rings. The Morgan fingerprint density at radius 3 is 2.27 bits per heavy atom. The Morgan fingerprint density at radius 1 is 1.00 bits per heavy atom. The first-order valence-electron chi connectivity index (χ1n) is 10.2. The number of Topliss-reactive ketones (excluding diaryl/α,β-unsaturated/α-hetero) is 1. The van der Waals surface area contributed by atoms with Crippen molar-refractivity contribution in [3.05, 3.63) is 83.2 Å². The van der Waals surface area contributed by atoms with Gasteiger partial charge in [0, 0.05) is 23.0 Å². The van der Waals surface area contributed by atoms with Crippen LogP contribution in [-0.4, -0.2) is 25.3 Å². The molecule has 0 unspecified atom stereocenters. The van der Waals surface area contributed by atoms with Crippen molar-refractivity contribution < 1.29 is 13.2 Å². The fraction of sp³-hybridized carbons (Fsp3) is 0.292. The minimum Gasteiger partial charge on any atom is -0.345 e. The van der Waals surface area contributed by atoms with Gasteiger partial charge in [-0.3, -0.25) is 9.10 Å². The lowest BCUT2D eigenvalue weighted by atomic mass is 10.1. The van der Waals surface area contributed by atoms with Crippen LogP contribution in [0.15, 0.2) is 65.6 Å². The van der Waals surface area contributed by atoms with Crippen molar-refractivity contribution in [2.75, 3.05) is 10.8 Å². The molecule has 30 heavy (non-hydrogen) atoms. The first-order valence-corrected chi connectivity index (χ1v) is 11.6. The normalized spacial score (nSPS) is 14.0. The number of hydrogen-bond acceptors (Lipinski definition) is 3. The minimum absolute atomic E-state index is 0.171. The summed E-state index contributed by atoms with van der Waals surface area (Å²) in [5.74, 6) is -0.197. The van der Waals surface area contributed by atoms with Gasteiger partial charge in [-0.1, -0.05) is 36.4 Å². The number of para-hydroxylation sites is 1. The van der Waals surface area contributed by atoms with Crippen LogP contribution in [0.5, 0.6) is 0 Å². The number of nitrogens with zero attached hydrogens (tertiary/aromatic N) is 2. The maximum atomic E-state index is 13.5. The first kappa shape index (κ1) is 20.4. The van der Waals surface area contributed by atoms with Crippen molar-refractivity contribution in [2.45, 2.75) is 44.6 Å². The number of hydrogen-bond donors (Lipinski definition) is 0. The van der Waals surface area contributed by atoms with E-state index in [-0.39, 0.29) is 17.2 Å². The number of anilines is 1. The Balaban J connectivity index is 1.75. The van der Waals surface area contributed by atoms with Gasteiger partial charge in [0.2, 0.25) is 0 Å². The summed E-state index contributed by atoms with van der Waals surface area (Å²) in [5, 5.41) is 0. The van der Waals surface area contributed by atoms with Crippen LogP contribution in [0.1, 0.15) is 46.2 Å². The molecule has 1 heterocycles. The molecule has 0 spiro atoms. The lowest BCUT2D eigenvalue weighted by Crippen LogP contribution is -2.36. The van der Waals surface area contributed by atoms with Crippen LogP contribution in [0.25, 0.3) is 0 Å². The Labute approximate surface area is 178 Å². The fourth-order valence-electron chi connectivity index (χ4n) is 4.03. The second-order valence-corrected chi connectivity index (χ2v) is 9.78. The van der Waals surface area contributed by atoms with Gasteiger partial charge < -0.3 is 4.57 Å². The van der Waals surface area contributed by atoms with Crippen LogP contribution >= 0.6 is 0 Å². The van der Waals surface area contributed by atoms with E-state index in [1.54, 1.807) is 42.5 Å². The van der Waals surface area contributed by atoms with Crippen LogP contribution in [-0.2, 0) is 10.0 Å². The molecular formula is C24H26N2O3S. The lowest BCUT2D eigenvalue weighted by Gasteiger charge is -2.25. The number of carbonyl (C=O) groups is 1. The van der Waals surface area contributed by atoms with Gasteiger partial charge in [0.1, 0.15) is 0 Å². The molecule has 156 valence electrons. The summed E-state index contributed by atoms with van der Waals surface area (Å²) in [6.45, 7) is 5.56. The second kappa shape index (κ2) is 7.76. The number of rotatable bonds is 7. The van der Waals surface area contributed by atoms with Crippen LogP contribution in [0.3, 0.4) is 0 Å². The van der Waals surface area contributed by atoms with Crippen molar-refractivity contribution >= 4 is 21.5 Å². The third kappa shape index (κ3) is 3.67. The maximum absolute atomic E-state index is 13.5. The molecular weight excluding hydrogens is 396 g/mol. The number of aromatic nitrogens is 1. The summed E-state index contributed by atoms with van der Waals surface area (Å²) in [6, 6.07) is 17.9. The molecule has 1 aliphatic rings. The summed E-state index contributed by atoms with van der Waals surface area (Å²) in [7, 11) is -3.89. The zero-order chi connectivity index (χ0) is 21.5. The van der Waals surface area contributed by atoms with E-state index < -0.39 is 10.0 Å². The van der Waals surface area contributed by atoms with Gasteiger partial charge in [-0.05, 0) is 63.4 Å². The van der Waals surface area contributed by atoms with E-state index in [0.29, 0.717) is 17.3 Å². The molecule has 5 nitrogen and oxygen atoms in total. The number of sulfonamides is 1. The molecule has 1 aliphatic carbocycles. The third-order valence-electron chi connectivity index (χ3n) is 5.70. The third-order valence-corrected chi connectivity index (χ3v) is 7.47. The van der Waals surface area contributed by atoms with Crippen LogP contribution in [0.2, 0.25) is 0 Å². The molecule has 0 amide bonds. The number of ketones is 1. The zero-order valence-electron chi connectivity index (χ0n) is 17.5. The lowest BCUT2D eigenvalue weighted by molar-refractivity contribution is 0.100. The smallest absolute Gasteiger partial charge is 0.264 e. The molecule has 0 bridgehead atoms. The van der Waals surface area contributed by atoms with Crippen molar-refractivity contribution in [3.63, 3.8) is 0 Å². The quantitative estimate of drug-likeness (QED) is 0.513. The van der Waals surface area contributed by atoms with Crippen molar-refractivity contribution in [1.29, 1.82) is 0 Å². The SMILES string of the molecule is Cc1ccccc1N(CC(=O)c1cc(C)n(C2CC2)c1C)S(=O)(=O)c1ccccc1. The molecule has 0 aliphatic heterocycles. The van der Waals surface area contributed by atoms with Crippen LogP contribution < -0.4 is 4.31 Å². The predicted octanol–water partition coefficient (Wildman–Crippen LogP) is 4.83. The number of carbonyl (C=O) groups excluding carboxylic acids is 1. The zero-order valence-corrected chi connectivity index (χ0v) is 18.3. The molecule has 1 aromatic heterocycles. The Kier molecular flexibility index (Phi) is 5.28. The van der Waals surface area contributed by atoms with E-state index in [0.717, 1.165) is 29.8 Å². The van der Waals surface area contributed by atoms with E-state index in [4.69, 9.17) is 0 Å². The van der Waals surface area contributed by atoms with Crippen molar-refractivity contribution in [2.24, 2.45) is 0 Å². The highest BCUT2D eigenvalue weighted by Gasteiger charge is 2.31. The van der Waals surface area contributed by atoms with Crippen LogP contribution in [0, 0.1) is 20.8 Å². The molecule has 0 saturated heterocycles. The first-order chi connectivity index (χ1) is 14.3. The molecule has 1 saturated carbocycles. The predicted molar refractivity (Wildman–Crippen MR) is 119 cm³/mol. The summed E-state index contributed by atoms with van der Waals surface area (Å²) >= 11 is 0. The van der Waals surface area contributed by atoms with Gasteiger partial charge in [0.15, 0.2) is 5.78 Å². The molecule has 6 heteroatoms. The van der Waals surface area contributed by atoms with Crippen molar-refractivity contribution in [1.82, 2.24) is 4.57 Å². The van der Waals surface area contributed by atoms with E-state index in [1.807, 2.05) is 39.0 Å². The topological polar surface area (TPSA) is 59.4 Å². The average molecular weight is 423 g/mol. The van der Waals surface area contributed by atoms with Crippen LogP contribution in [0.4, 0.5) is 5.69 Å². The van der Waals surface area contributed by atoms with Crippen molar-refractivity contribution in [3.8, 4) is 0 Å². The molecule has 0 radical (unpaired) electrons. The Morgan fingerprint density at radius 2 is 1.63 bits per heavy atom.